The number of carbonyl (C=O) groups excluding carboxylic acids is 2. The lowest BCUT2D eigenvalue weighted by molar-refractivity contribution is -0.137. The maximum atomic E-state index is 12.4. The van der Waals surface area contributed by atoms with Gasteiger partial charge in [-0.1, -0.05) is 12.1 Å². The van der Waals surface area contributed by atoms with Gasteiger partial charge in [-0.15, -0.1) is 11.8 Å². The largest absolute Gasteiger partial charge is 0.481 e. The van der Waals surface area contributed by atoms with E-state index in [9.17, 15) is 14.4 Å². The second kappa shape index (κ2) is 10.7. The van der Waals surface area contributed by atoms with Crippen molar-refractivity contribution in [1.29, 1.82) is 0 Å². The van der Waals surface area contributed by atoms with Gasteiger partial charge in [0, 0.05) is 32.1 Å². The van der Waals surface area contributed by atoms with Gasteiger partial charge < -0.3 is 20.1 Å². The van der Waals surface area contributed by atoms with Crippen LogP contribution in [0.25, 0.3) is 0 Å². The molecule has 1 rings (SSSR count). The first-order chi connectivity index (χ1) is 11.5. The summed E-state index contributed by atoms with van der Waals surface area (Å²) in [7, 11) is 3.12. The number of nitrogens with zero attached hydrogens (tertiary/aromatic N) is 1. The molecule has 7 nitrogen and oxygen atoms in total. The summed E-state index contributed by atoms with van der Waals surface area (Å²) < 4.78 is 4.86. The Morgan fingerprint density at radius 1 is 1.29 bits per heavy atom. The fraction of sp³-hybridized carbons (Fsp3) is 0.438. The van der Waals surface area contributed by atoms with Crippen LogP contribution in [0.1, 0.15) is 16.8 Å². The number of carboxylic acids is 1. The van der Waals surface area contributed by atoms with E-state index in [2.05, 4.69) is 5.32 Å². The molecule has 0 saturated heterocycles. The van der Waals surface area contributed by atoms with E-state index in [0.717, 1.165) is 0 Å². The number of hydrogen-bond donors (Lipinski definition) is 2. The maximum Gasteiger partial charge on any atom is 0.305 e. The van der Waals surface area contributed by atoms with Gasteiger partial charge in [0.25, 0.3) is 5.91 Å². The molecule has 2 N–H and O–H groups in total. The number of nitrogens with one attached hydrogen (secondary N) is 1. The number of thioether (sulfide) groups is 1. The number of hydrogen-bond acceptors (Lipinski definition) is 5. The molecule has 0 radical (unpaired) electrons. The fourth-order valence-electron chi connectivity index (χ4n) is 1.83. The number of ether oxygens (including phenoxy) is 1. The van der Waals surface area contributed by atoms with Crippen molar-refractivity contribution in [1.82, 2.24) is 10.2 Å². The van der Waals surface area contributed by atoms with Crippen LogP contribution in [-0.2, 0) is 14.3 Å². The summed E-state index contributed by atoms with van der Waals surface area (Å²) in [6.07, 6.45) is -0.112. The van der Waals surface area contributed by atoms with Crippen LogP contribution in [0.3, 0.4) is 0 Å². The molecular weight excluding hydrogens is 332 g/mol. The molecule has 1 aromatic rings. The van der Waals surface area contributed by atoms with Gasteiger partial charge in [0.15, 0.2) is 0 Å². The molecule has 1 aromatic carbocycles. The van der Waals surface area contributed by atoms with E-state index in [1.807, 2.05) is 0 Å². The van der Waals surface area contributed by atoms with E-state index < -0.39 is 5.97 Å². The van der Waals surface area contributed by atoms with Crippen molar-refractivity contribution >= 4 is 29.5 Å². The molecule has 0 aliphatic carbocycles. The Hall–Kier alpha value is -2.06. The van der Waals surface area contributed by atoms with E-state index in [-0.39, 0.29) is 30.5 Å². The second-order valence-electron chi connectivity index (χ2n) is 5.00. The standard InChI is InChI=1S/C16H22N2O5S/c1-18(9-7-15(20)21)16(22)12-5-3-4-6-13(12)24-11-14(19)17-8-10-23-2/h3-6H,7-11H2,1-2H3,(H,17,19)(H,20,21). The normalized spacial score (nSPS) is 10.2. The summed E-state index contributed by atoms with van der Waals surface area (Å²) in [6.45, 7) is 1.01. The summed E-state index contributed by atoms with van der Waals surface area (Å²) in [5.41, 5.74) is 0.458. The number of aliphatic carboxylic acids is 1. The molecular formula is C16H22N2O5S. The Balaban J connectivity index is 2.65. The highest BCUT2D eigenvalue weighted by Gasteiger charge is 2.17. The molecule has 0 heterocycles. The van der Waals surface area contributed by atoms with Gasteiger partial charge in [0.1, 0.15) is 0 Å². The fourth-order valence-corrected chi connectivity index (χ4v) is 2.70. The maximum absolute atomic E-state index is 12.4. The molecule has 0 fully saturated rings. The summed E-state index contributed by atoms with van der Waals surface area (Å²) >= 11 is 1.27. The smallest absolute Gasteiger partial charge is 0.305 e. The Bertz CT molecular complexity index is 579. The molecule has 0 aliphatic heterocycles. The van der Waals surface area contributed by atoms with Crippen LogP contribution < -0.4 is 5.32 Å². The molecule has 0 aromatic heterocycles. The first kappa shape index (κ1) is 20.0. The zero-order valence-corrected chi connectivity index (χ0v) is 14.6. The van der Waals surface area contributed by atoms with Crippen LogP contribution in [0, 0.1) is 0 Å². The predicted molar refractivity (Wildman–Crippen MR) is 91.3 cm³/mol. The van der Waals surface area contributed by atoms with Gasteiger partial charge in [0.05, 0.1) is 24.3 Å². The lowest BCUT2D eigenvalue weighted by Gasteiger charge is -2.18. The average Bonchev–Trinajstić information content (AvgIpc) is 2.57. The molecule has 0 bridgehead atoms. The summed E-state index contributed by atoms with van der Waals surface area (Å²) in [5.74, 6) is -1.17. The zero-order chi connectivity index (χ0) is 17.9. The third kappa shape index (κ3) is 7.01. The van der Waals surface area contributed by atoms with Crippen LogP contribution in [0.4, 0.5) is 0 Å². The number of amides is 2. The monoisotopic (exact) mass is 354 g/mol. The molecule has 8 heteroatoms. The lowest BCUT2D eigenvalue weighted by Crippen LogP contribution is -2.30. The molecule has 0 unspecified atom stereocenters. The number of rotatable bonds is 10. The van der Waals surface area contributed by atoms with Crippen molar-refractivity contribution in [3.05, 3.63) is 29.8 Å². The van der Waals surface area contributed by atoms with E-state index >= 15 is 0 Å². The minimum atomic E-state index is -0.954. The van der Waals surface area contributed by atoms with E-state index in [1.54, 1.807) is 38.4 Å². The first-order valence-corrected chi connectivity index (χ1v) is 8.39. The highest BCUT2D eigenvalue weighted by molar-refractivity contribution is 8.00. The number of carbonyl (C=O) groups is 3. The van der Waals surface area contributed by atoms with E-state index in [0.29, 0.717) is 23.6 Å². The van der Waals surface area contributed by atoms with E-state index in [1.165, 1.54) is 16.7 Å². The second-order valence-corrected chi connectivity index (χ2v) is 6.02. The van der Waals surface area contributed by atoms with Crippen molar-refractivity contribution in [3.63, 3.8) is 0 Å². The third-order valence-electron chi connectivity index (χ3n) is 3.11. The van der Waals surface area contributed by atoms with Crippen LogP contribution in [0.2, 0.25) is 0 Å². The van der Waals surface area contributed by atoms with Crippen molar-refractivity contribution < 1.29 is 24.2 Å². The number of carboxylic acid groups (broad SMARTS) is 1. The van der Waals surface area contributed by atoms with Crippen molar-refractivity contribution in [2.24, 2.45) is 0 Å². The van der Waals surface area contributed by atoms with Crippen molar-refractivity contribution in [3.8, 4) is 0 Å². The minimum Gasteiger partial charge on any atom is -0.481 e. The van der Waals surface area contributed by atoms with Gasteiger partial charge in [-0.3, -0.25) is 14.4 Å². The van der Waals surface area contributed by atoms with Crippen LogP contribution in [0.5, 0.6) is 0 Å². The van der Waals surface area contributed by atoms with Crippen LogP contribution in [-0.4, -0.2) is 67.4 Å². The molecule has 132 valence electrons. The first-order valence-electron chi connectivity index (χ1n) is 7.40. The minimum absolute atomic E-state index is 0.112. The average molecular weight is 354 g/mol. The number of benzene rings is 1. The quantitative estimate of drug-likeness (QED) is 0.482. The molecule has 0 aliphatic rings. The Morgan fingerprint density at radius 3 is 2.67 bits per heavy atom. The highest BCUT2D eigenvalue weighted by atomic mass is 32.2. The summed E-state index contributed by atoms with van der Waals surface area (Å²) in [5, 5.41) is 11.4. The molecule has 2 amide bonds. The SMILES string of the molecule is COCCNC(=O)CSc1ccccc1C(=O)N(C)CCC(=O)O. The molecule has 0 saturated carbocycles. The Morgan fingerprint density at radius 2 is 2.00 bits per heavy atom. The third-order valence-corrected chi connectivity index (χ3v) is 4.19. The highest BCUT2D eigenvalue weighted by Crippen LogP contribution is 2.23. The Labute approximate surface area is 145 Å². The van der Waals surface area contributed by atoms with Gasteiger partial charge in [-0.05, 0) is 12.1 Å². The lowest BCUT2D eigenvalue weighted by atomic mass is 10.2. The molecule has 24 heavy (non-hydrogen) atoms. The molecule has 0 spiro atoms. The van der Waals surface area contributed by atoms with Crippen molar-refractivity contribution in [2.75, 3.05) is 39.6 Å². The molecule has 0 atom stereocenters. The van der Waals surface area contributed by atoms with E-state index in [4.69, 9.17) is 9.84 Å². The zero-order valence-electron chi connectivity index (χ0n) is 13.8. The van der Waals surface area contributed by atoms with Gasteiger partial charge in [-0.25, -0.2) is 0 Å². The van der Waals surface area contributed by atoms with Gasteiger partial charge in [0.2, 0.25) is 5.91 Å². The van der Waals surface area contributed by atoms with Crippen LogP contribution >= 0.6 is 11.8 Å². The van der Waals surface area contributed by atoms with Gasteiger partial charge >= 0.3 is 5.97 Å². The summed E-state index contributed by atoms with van der Waals surface area (Å²) in [6, 6.07) is 6.97. The van der Waals surface area contributed by atoms with Crippen molar-refractivity contribution in [2.45, 2.75) is 11.3 Å². The van der Waals surface area contributed by atoms with Gasteiger partial charge in [-0.2, -0.15) is 0 Å². The topological polar surface area (TPSA) is 95.9 Å². The Kier molecular flexibility index (Phi) is 8.88. The summed E-state index contributed by atoms with van der Waals surface area (Å²) in [4.78, 5) is 36.8. The number of methoxy groups -OCH3 is 1. The van der Waals surface area contributed by atoms with Crippen LogP contribution in [0.15, 0.2) is 29.2 Å². The predicted octanol–water partition coefficient (Wildman–Crippen LogP) is 1.09.